The van der Waals surface area contributed by atoms with Crippen LogP contribution in [0.1, 0.15) is 32.6 Å². The van der Waals surface area contributed by atoms with Crippen molar-refractivity contribution in [1.29, 1.82) is 0 Å². The second kappa shape index (κ2) is 8.49. The van der Waals surface area contributed by atoms with Gasteiger partial charge in [0, 0.05) is 12.6 Å². The third-order valence-electron chi connectivity index (χ3n) is 4.50. The molecule has 0 spiro atoms. The number of hydrogen-bond acceptors (Lipinski definition) is 4. The van der Waals surface area contributed by atoms with Crippen molar-refractivity contribution in [3.05, 3.63) is 42.7 Å². The molecular weight excluding hydrogens is 351 g/mol. The summed E-state index contributed by atoms with van der Waals surface area (Å²) in [6, 6.07) is 6.75. The SMILES string of the molecule is C=CCn1c(SC(C)C(=O)NC2CCCC2)nnc1-c1ccccc1F. The molecule has 26 heavy (non-hydrogen) atoms. The number of nitrogens with one attached hydrogen (secondary N) is 1. The number of carbonyl (C=O) groups is 1. The van der Waals surface area contributed by atoms with Crippen molar-refractivity contribution < 1.29 is 9.18 Å². The van der Waals surface area contributed by atoms with Crippen molar-refractivity contribution in [3.63, 3.8) is 0 Å². The van der Waals surface area contributed by atoms with Crippen LogP contribution < -0.4 is 5.32 Å². The molecule has 138 valence electrons. The molecule has 0 radical (unpaired) electrons. The highest BCUT2D eigenvalue weighted by Gasteiger charge is 2.24. The summed E-state index contributed by atoms with van der Waals surface area (Å²) in [6.07, 6.45) is 6.15. The average molecular weight is 374 g/mol. The molecule has 1 unspecified atom stereocenters. The lowest BCUT2D eigenvalue weighted by molar-refractivity contribution is -0.120. The molecule has 1 N–H and O–H groups in total. The van der Waals surface area contributed by atoms with Gasteiger partial charge < -0.3 is 5.32 Å². The van der Waals surface area contributed by atoms with Crippen molar-refractivity contribution in [2.45, 2.75) is 55.6 Å². The van der Waals surface area contributed by atoms with Gasteiger partial charge in [0.2, 0.25) is 5.91 Å². The number of carbonyl (C=O) groups excluding carboxylic acids is 1. The monoisotopic (exact) mass is 374 g/mol. The van der Waals surface area contributed by atoms with Crippen LogP contribution in [0.4, 0.5) is 4.39 Å². The third kappa shape index (κ3) is 4.15. The van der Waals surface area contributed by atoms with Gasteiger partial charge in [0.05, 0.1) is 10.8 Å². The molecule has 1 saturated carbocycles. The molecule has 2 aromatic rings. The summed E-state index contributed by atoms with van der Waals surface area (Å²) in [4.78, 5) is 12.4. The van der Waals surface area contributed by atoms with E-state index in [9.17, 15) is 9.18 Å². The summed E-state index contributed by atoms with van der Waals surface area (Å²) in [5.41, 5.74) is 0.386. The van der Waals surface area contributed by atoms with Crippen molar-refractivity contribution >= 4 is 17.7 Å². The van der Waals surface area contributed by atoms with Crippen LogP contribution >= 0.6 is 11.8 Å². The zero-order chi connectivity index (χ0) is 18.5. The first kappa shape index (κ1) is 18.6. The molecular formula is C19H23FN4OS. The Kier molecular flexibility index (Phi) is 6.08. The Morgan fingerprint density at radius 3 is 2.85 bits per heavy atom. The van der Waals surface area contributed by atoms with Gasteiger partial charge in [-0.25, -0.2) is 4.39 Å². The van der Waals surface area contributed by atoms with Crippen LogP contribution in [-0.4, -0.2) is 32.0 Å². The molecule has 5 nitrogen and oxygen atoms in total. The van der Waals surface area contributed by atoms with E-state index in [-0.39, 0.29) is 23.0 Å². The third-order valence-corrected chi connectivity index (χ3v) is 5.58. The number of rotatable bonds is 7. The fraction of sp³-hybridized carbons (Fsp3) is 0.421. The van der Waals surface area contributed by atoms with Crippen LogP contribution in [0.15, 0.2) is 42.1 Å². The fourth-order valence-electron chi connectivity index (χ4n) is 3.11. The van der Waals surface area contributed by atoms with Crippen LogP contribution in [-0.2, 0) is 11.3 Å². The minimum atomic E-state index is -0.353. The Labute approximate surface area is 157 Å². The van der Waals surface area contributed by atoms with Crippen molar-refractivity contribution in [1.82, 2.24) is 20.1 Å². The molecule has 1 aliphatic carbocycles. The van der Waals surface area contributed by atoms with E-state index in [1.165, 1.54) is 30.7 Å². The van der Waals surface area contributed by atoms with E-state index in [2.05, 4.69) is 22.1 Å². The maximum Gasteiger partial charge on any atom is 0.233 e. The van der Waals surface area contributed by atoms with Crippen LogP contribution in [0.25, 0.3) is 11.4 Å². The predicted molar refractivity (Wildman–Crippen MR) is 101 cm³/mol. The van der Waals surface area contributed by atoms with Crippen LogP contribution in [0.3, 0.4) is 0 Å². The topological polar surface area (TPSA) is 59.8 Å². The summed E-state index contributed by atoms with van der Waals surface area (Å²) in [6.45, 7) is 6.05. The summed E-state index contributed by atoms with van der Waals surface area (Å²) < 4.78 is 15.9. The minimum Gasteiger partial charge on any atom is -0.352 e. The first-order chi connectivity index (χ1) is 12.6. The quantitative estimate of drug-likeness (QED) is 0.591. The Balaban J connectivity index is 1.78. The zero-order valence-electron chi connectivity index (χ0n) is 14.8. The minimum absolute atomic E-state index is 0.00231. The van der Waals surface area contributed by atoms with Gasteiger partial charge in [0.1, 0.15) is 5.82 Å². The molecule has 3 rings (SSSR count). The number of nitrogens with zero attached hydrogens (tertiary/aromatic N) is 3. The van der Waals surface area contributed by atoms with Gasteiger partial charge in [-0.2, -0.15) is 0 Å². The second-order valence-electron chi connectivity index (χ2n) is 6.44. The molecule has 1 heterocycles. The molecule has 1 aliphatic rings. The smallest absolute Gasteiger partial charge is 0.233 e. The highest BCUT2D eigenvalue weighted by atomic mass is 32.2. The van der Waals surface area contributed by atoms with Crippen molar-refractivity contribution in [2.24, 2.45) is 0 Å². The van der Waals surface area contributed by atoms with Gasteiger partial charge in [0.25, 0.3) is 0 Å². The van der Waals surface area contributed by atoms with E-state index in [0.29, 0.717) is 23.1 Å². The summed E-state index contributed by atoms with van der Waals surface area (Å²) in [5, 5.41) is 11.7. The van der Waals surface area contributed by atoms with Crippen LogP contribution in [0.2, 0.25) is 0 Å². The van der Waals surface area contributed by atoms with E-state index in [1.807, 2.05) is 6.92 Å². The Hall–Kier alpha value is -2.15. The normalized spacial score (nSPS) is 15.8. The van der Waals surface area contributed by atoms with E-state index in [0.717, 1.165) is 12.8 Å². The number of amides is 1. The number of thioether (sulfide) groups is 1. The van der Waals surface area contributed by atoms with E-state index < -0.39 is 0 Å². The van der Waals surface area contributed by atoms with E-state index >= 15 is 0 Å². The van der Waals surface area contributed by atoms with Gasteiger partial charge in [-0.3, -0.25) is 9.36 Å². The Morgan fingerprint density at radius 2 is 2.15 bits per heavy atom. The molecule has 1 atom stereocenters. The molecule has 7 heteroatoms. The Morgan fingerprint density at radius 1 is 1.42 bits per heavy atom. The Bertz CT molecular complexity index is 786. The van der Waals surface area contributed by atoms with Crippen LogP contribution in [0, 0.1) is 5.82 Å². The average Bonchev–Trinajstić information content (AvgIpc) is 3.26. The van der Waals surface area contributed by atoms with Gasteiger partial charge in [-0.15, -0.1) is 16.8 Å². The largest absolute Gasteiger partial charge is 0.352 e. The second-order valence-corrected chi connectivity index (χ2v) is 7.74. The standard InChI is InChI=1S/C19H23FN4OS/c1-3-12-24-17(15-10-6-7-11-16(15)20)22-23-19(24)26-13(2)18(25)21-14-8-4-5-9-14/h3,6-7,10-11,13-14H,1,4-5,8-9,12H2,2H3,(H,21,25). The highest BCUT2D eigenvalue weighted by molar-refractivity contribution is 8.00. The maximum atomic E-state index is 14.1. The number of hydrogen-bond donors (Lipinski definition) is 1. The zero-order valence-corrected chi connectivity index (χ0v) is 15.6. The number of allylic oxidation sites excluding steroid dienone is 1. The summed E-state index contributed by atoms with van der Waals surface area (Å²) in [5.74, 6) is 0.0881. The summed E-state index contributed by atoms with van der Waals surface area (Å²) >= 11 is 1.33. The molecule has 0 aliphatic heterocycles. The molecule has 0 saturated heterocycles. The number of aromatic nitrogens is 3. The first-order valence-electron chi connectivity index (χ1n) is 8.86. The van der Waals surface area contributed by atoms with E-state index in [4.69, 9.17) is 0 Å². The lowest BCUT2D eigenvalue weighted by atomic mass is 10.2. The fourth-order valence-corrected chi connectivity index (χ4v) is 3.98. The first-order valence-corrected chi connectivity index (χ1v) is 9.74. The maximum absolute atomic E-state index is 14.1. The predicted octanol–water partition coefficient (Wildman–Crippen LogP) is 3.81. The molecule has 1 fully saturated rings. The van der Waals surface area contributed by atoms with Crippen LogP contribution in [0.5, 0.6) is 0 Å². The van der Waals surface area contributed by atoms with Gasteiger partial charge >= 0.3 is 0 Å². The van der Waals surface area contributed by atoms with Gasteiger partial charge in [0.15, 0.2) is 11.0 Å². The van der Waals surface area contributed by atoms with Crippen molar-refractivity contribution in [3.8, 4) is 11.4 Å². The van der Waals surface area contributed by atoms with Gasteiger partial charge in [-0.05, 0) is 31.9 Å². The van der Waals surface area contributed by atoms with Crippen molar-refractivity contribution in [2.75, 3.05) is 0 Å². The lowest BCUT2D eigenvalue weighted by Gasteiger charge is -2.16. The summed E-state index contributed by atoms with van der Waals surface area (Å²) in [7, 11) is 0. The number of benzene rings is 1. The molecule has 1 amide bonds. The lowest BCUT2D eigenvalue weighted by Crippen LogP contribution is -2.37. The highest BCUT2D eigenvalue weighted by Crippen LogP contribution is 2.28. The molecule has 1 aromatic heterocycles. The molecule has 0 bridgehead atoms. The molecule has 1 aromatic carbocycles. The van der Waals surface area contributed by atoms with Gasteiger partial charge in [-0.1, -0.05) is 42.8 Å². The number of halogens is 1. The van der Waals surface area contributed by atoms with E-state index in [1.54, 1.807) is 28.8 Å².